The lowest BCUT2D eigenvalue weighted by Crippen LogP contribution is -2.26. The Balaban J connectivity index is 2.68. The fourth-order valence-corrected chi connectivity index (χ4v) is 2.26. The van der Waals surface area contributed by atoms with Crippen molar-refractivity contribution in [2.24, 2.45) is 0 Å². The van der Waals surface area contributed by atoms with Crippen LogP contribution in [0.15, 0.2) is 31.4 Å². The molecule has 6 heteroatoms. The molecule has 0 aromatic carbocycles. The van der Waals surface area contributed by atoms with Gasteiger partial charge in [0, 0.05) is 18.8 Å². The van der Waals surface area contributed by atoms with E-state index in [9.17, 15) is 4.39 Å². The standard InChI is InChI=1S/C16H19FN4O/c1-5-7-9-21(8-6-2)14-13-12(19-16(17)20-14)10-11(3)18-15(13)22-4/h5-6,10H,1-2,7-9H2,3-4H3. The summed E-state index contributed by atoms with van der Waals surface area (Å²) in [7, 11) is 1.52. The number of aromatic nitrogens is 3. The first kappa shape index (κ1) is 15.9. The van der Waals surface area contributed by atoms with Crippen molar-refractivity contribution in [2.75, 3.05) is 25.1 Å². The van der Waals surface area contributed by atoms with Crippen LogP contribution < -0.4 is 9.64 Å². The van der Waals surface area contributed by atoms with E-state index in [1.807, 2.05) is 4.90 Å². The molecule has 0 radical (unpaired) electrons. The lowest BCUT2D eigenvalue weighted by Gasteiger charge is -2.23. The van der Waals surface area contributed by atoms with E-state index in [0.29, 0.717) is 41.4 Å². The van der Waals surface area contributed by atoms with Crippen LogP contribution in [0.4, 0.5) is 10.2 Å². The van der Waals surface area contributed by atoms with Gasteiger partial charge in [-0.1, -0.05) is 12.2 Å². The molecule has 2 heterocycles. The van der Waals surface area contributed by atoms with Gasteiger partial charge in [0.25, 0.3) is 0 Å². The highest BCUT2D eigenvalue weighted by Crippen LogP contribution is 2.31. The van der Waals surface area contributed by atoms with Gasteiger partial charge in [0.05, 0.1) is 12.6 Å². The zero-order valence-corrected chi connectivity index (χ0v) is 12.8. The van der Waals surface area contributed by atoms with Crippen molar-refractivity contribution in [3.8, 4) is 5.88 Å². The number of pyridine rings is 1. The highest BCUT2D eigenvalue weighted by Gasteiger charge is 2.18. The van der Waals surface area contributed by atoms with Crippen molar-refractivity contribution in [1.29, 1.82) is 0 Å². The van der Waals surface area contributed by atoms with Crippen LogP contribution in [0.25, 0.3) is 10.9 Å². The third-order valence-corrected chi connectivity index (χ3v) is 3.17. The fourth-order valence-electron chi connectivity index (χ4n) is 2.26. The second-order valence-electron chi connectivity index (χ2n) is 4.80. The molecule has 0 aliphatic carbocycles. The number of halogens is 1. The largest absolute Gasteiger partial charge is 0.480 e. The fraction of sp³-hybridized carbons (Fsp3) is 0.312. The Hall–Kier alpha value is -2.50. The van der Waals surface area contributed by atoms with Crippen LogP contribution in [-0.2, 0) is 0 Å². The third-order valence-electron chi connectivity index (χ3n) is 3.17. The minimum Gasteiger partial charge on any atom is -0.480 e. The Labute approximate surface area is 129 Å². The van der Waals surface area contributed by atoms with E-state index in [2.05, 4.69) is 28.1 Å². The number of fused-ring (bicyclic) bond motifs is 1. The van der Waals surface area contributed by atoms with Gasteiger partial charge >= 0.3 is 6.08 Å². The molecule has 22 heavy (non-hydrogen) atoms. The number of methoxy groups -OCH3 is 1. The van der Waals surface area contributed by atoms with Crippen molar-refractivity contribution in [3.05, 3.63) is 43.1 Å². The summed E-state index contributed by atoms with van der Waals surface area (Å²) in [6.45, 7) is 10.4. The second kappa shape index (κ2) is 6.98. The van der Waals surface area contributed by atoms with Crippen LogP contribution in [0.5, 0.6) is 5.88 Å². The normalized spacial score (nSPS) is 10.5. The Morgan fingerprint density at radius 2 is 2.05 bits per heavy atom. The molecule has 0 amide bonds. The van der Waals surface area contributed by atoms with E-state index >= 15 is 0 Å². The molecule has 0 aliphatic heterocycles. The molecular formula is C16H19FN4O. The predicted molar refractivity (Wildman–Crippen MR) is 85.8 cm³/mol. The molecule has 0 unspecified atom stereocenters. The first-order valence-corrected chi connectivity index (χ1v) is 6.96. The molecule has 0 saturated carbocycles. The Bertz CT molecular complexity index is 697. The molecule has 0 bridgehead atoms. The highest BCUT2D eigenvalue weighted by molar-refractivity contribution is 5.94. The highest BCUT2D eigenvalue weighted by atomic mass is 19.1. The summed E-state index contributed by atoms with van der Waals surface area (Å²) < 4.78 is 19.2. The minimum absolute atomic E-state index is 0.387. The summed E-state index contributed by atoms with van der Waals surface area (Å²) in [5.41, 5.74) is 1.18. The minimum atomic E-state index is -0.775. The topological polar surface area (TPSA) is 51.1 Å². The molecule has 0 spiro atoms. The maximum Gasteiger partial charge on any atom is 0.311 e. The van der Waals surface area contributed by atoms with Gasteiger partial charge in [0.2, 0.25) is 5.88 Å². The maximum absolute atomic E-state index is 13.8. The average Bonchev–Trinajstić information content (AvgIpc) is 2.49. The van der Waals surface area contributed by atoms with Gasteiger partial charge in [-0.3, -0.25) is 0 Å². The first-order valence-electron chi connectivity index (χ1n) is 6.96. The lowest BCUT2D eigenvalue weighted by atomic mass is 10.2. The molecule has 5 nitrogen and oxygen atoms in total. The molecule has 2 aromatic rings. The summed E-state index contributed by atoms with van der Waals surface area (Å²) in [4.78, 5) is 14.1. The summed E-state index contributed by atoms with van der Waals surface area (Å²) >= 11 is 0. The van der Waals surface area contributed by atoms with Crippen molar-refractivity contribution in [3.63, 3.8) is 0 Å². The molecule has 0 N–H and O–H groups in total. The van der Waals surface area contributed by atoms with Gasteiger partial charge in [0.1, 0.15) is 11.2 Å². The number of anilines is 1. The van der Waals surface area contributed by atoms with Crippen LogP contribution >= 0.6 is 0 Å². The van der Waals surface area contributed by atoms with Crippen LogP contribution in [-0.4, -0.2) is 35.2 Å². The monoisotopic (exact) mass is 302 g/mol. The molecule has 0 saturated heterocycles. The van der Waals surface area contributed by atoms with Crippen LogP contribution in [0.1, 0.15) is 12.1 Å². The van der Waals surface area contributed by atoms with E-state index in [1.165, 1.54) is 7.11 Å². The van der Waals surface area contributed by atoms with E-state index in [-0.39, 0.29) is 0 Å². The van der Waals surface area contributed by atoms with Gasteiger partial charge in [-0.05, 0) is 19.4 Å². The van der Waals surface area contributed by atoms with E-state index in [4.69, 9.17) is 4.74 Å². The second-order valence-corrected chi connectivity index (χ2v) is 4.80. The Morgan fingerprint density at radius 1 is 1.27 bits per heavy atom. The number of hydrogen-bond donors (Lipinski definition) is 0. The van der Waals surface area contributed by atoms with Crippen molar-refractivity contribution < 1.29 is 9.13 Å². The summed E-state index contributed by atoms with van der Waals surface area (Å²) in [5.74, 6) is 0.839. The third kappa shape index (κ3) is 3.21. The number of aryl methyl sites for hydroxylation is 1. The molecule has 0 aliphatic rings. The van der Waals surface area contributed by atoms with Crippen molar-refractivity contribution in [1.82, 2.24) is 15.0 Å². The van der Waals surface area contributed by atoms with Crippen LogP contribution in [0.3, 0.4) is 0 Å². The SMILES string of the molecule is C=CCCN(CC=C)c1nc(F)nc2cc(C)nc(OC)c12. The molecule has 116 valence electrons. The lowest BCUT2D eigenvalue weighted by molar-refractivity contribution is 0.402. The zero-order chi connectivity index (χ0) is 16.1. The van der Waals surface area contributed by atoms with Gasteiger partial charge < -0.3 is 9.64 Å². The number of rotatable bonds is 7. The number of ether oxygens (including phenoxy) is 1. The van der Waals surface area contributed by atoms with Crippen LogP contribution in [0.2, 0.25) is 0 Å². The molecule has 0 atom stereocenters. The smallest absolute Gasteiger partial charge is 0.311 e. The zero-order valence-electron chi connectivity index (χ0n) is 12.8. The Morgan fingerprint density at radius 3 is 2.68 bits per heavy atom. The maximum atomic E-state index is 13.8. The molecule has 2 aromatic heterocycles. The quantitative estimate of drug-likeness (QED) is 0.581. The molecule has 2 rings (SSSR count). The summed E-state index contributed by atoms with van der Waals surface area (Å²) in [6, 6.07) is 1.71. The Kier molecular flexibility index (Phi) is 5.04. The molecular weight excluding hydrogens is 283 g/mol. The number of hydrogen-bond acceptors (Lipinski definition) is 5. The van der Waals surface area contributed by atoms with E-state index < -0.39 is 6.08 Å². The van der Waals surface area contributed by atoms with Gasteiger partial charge in [-0.2, -0.15) is 9.37 Å². The van der Waals surface area contributed by atoms with Crippen molar-refractivity contribution in [2.45, 2.75) is 13.3 Å². The molecule has 0 fully saturated rings. The van der Waals surface area contributed by atoms with Gasteiger partial charge in [0.15, 0.2) is 0 Å². The predicted octanol–water partition coefficient (Wildman–Crippen LogP) is 3.05. The van der Waals surface area contributed by atoms with Gasteiger partial charge in [-0.25, -0.2) is 9.97 Å². The number of nitrogens with zero attached hydrogens (tertiary/aromatic N) is 4. The first-order chi connectivity index (χ1) is 10.6. The van der Waals surface area contributed by atoms with Crippen molar-refractivity contribution >= 4 is 16.7 Å². The van der Waals surface area contributed by atoms with Gasteiger partial charge in [-0.15, -0.1) is 13.2 Å². The summed E-state index contributed by atoms with van der Waals surface area (Å²) in [6.07, 6.45) is 3.50. The van der Waals surface area contributed by atoms with E-state index in [0.717, 1.165) is 6.42 Å². The van der Waals surface area contributed by atoms with E-state index in [1.54, 1.807) is 25.1 Å². The summed E-state index contributed by atoms with van der Waals surface area (Å²) in [5, 5.41) is 0.598. The average molecular weight is 302 g/mol. The van der Waals surface area contributed by atoms with Crippen LogP contribution in [0, 0.1) is 13.0 Å².